The first kappa shape index (κ1) is 21.1. The first-order valence-corrected chi connectivity index (χ1v) is 8.57. The van der Waals surface area contributed by atoms with Crippen molar-refractivity contribution in [3.8, 4) is 11.5 Å². The van der Waals surface area contributed by atoms with Gasteiger partial charge in [-0.3, -0.25) is 9.59 Å². The number of carbonyl (C=O) groups is 2. The normalized spacial score (nSPS) is 10.3. The number of rotatable bonds is 8. The standard InChI is InChI=1S/C20H22F2N2O4/c1-13(25)24(20-15(21)5-4-6-16(20)22)10-9-23-19(26)12-14-7-8-17(27-2)18(11-14)28-3/h4-8,11H,9-10,12H2,1-3H3,(H,23,26). The quantitative estimate of drug-likeness (QED) is 0.750. The molecule has 0 aliphatic carbocycles. The molecular formula is C20H22F2N2O4. The zero-order valence-corrected chi connectivity index (χ0v) is 15.9. The van der Waals surface area contributed by atoms with Crippen LogP contribution < -0.4 is 19.7 Å². The van der Waals surface area contributed by atoms with E-state index >= 15 is 0 Å². The maximum absolute atomic E-state index is 13.9. The largest absolute Gasteiger partial charge is 0.493 e. The van der Waals surface area contributed by atoms with Crippen LogP contribution in [0.2, 0.25) is 0 Å². The highest BCUT2D eigenvalue weighted by Gasteiger charge is 2.20. The monoisotopic (exact) mass is 392 g/mol. The number of nitrogens with one attached hydrogen (secondary N) is 1. The second-order valence-corrected chi connectivity index (χ2v) is 5.96. The molecule has 2 rings (SSSR count). The van der Waals surface area contributed by atoms with Gasteiger partial charge in [-0.05, 0) is 29.8 Å². The Morgan fingerprint density at radius 3 is 2.25 bits per heavy atom. The smallest absolute Gasteiger partial charge is 0.224 e. The van der Waals surface area contributed by atoms with Crippen molar-refractivity contribution < 1.29 is 27.8 Å². The Labute approximate surface area is 162 Å². The zero-order valence-electron chi connectivity index (χ0n) is 15.9. The summed E-state index contributed by atoms with van der Waals surface area (Å²) in [5.74, 6) is -1.46. The summed E-state index contributed by atoms with van der Waals surface area (Å²) in [6.45, 7) is 1.18. The highest BCUT2D eigenvalue weighted by atomic mass is 19.1. The molecule has 6 nitrogen and oxygen atoms in total. The van der Waals surface area contributed by atoms with Crippen LogP contribution in [0.5, 0.6) is 11.5 Å². The Morgan fingerprint density at radius 1 is 1.04 bits per heavy atom. The summed E-state index contributed by atoms with van der Waals surface area (Å²) < 4.78 is 38.2. The lowest BCUT2D eigenvalue weighted by molar-refractivity contribution is -0.121. The lowest BCUT2D eigenvalue weighted by Crippen LogP contribution is -2.38. The molecule has 8 heteroatoms. The topological polar surface area (TPSA) is 67.9 Å². The summed E-state index contributed by atoms with van der Waals surface area (Å²) >= 11 is 0. The summed E-state index contributed by atoms with van der Waals surface area (Å²) in [6.07, 6.45) is 0.0779. The number of benzene rings is 2. The molecule has 0 radical (unpaired) electrons. The second-order valence-electron chi connectivity index (χ2n) is 5.96. The molecule has 0 heterocycles. The van der Waals surface area contributed by atoms with Gasteiger partial charge in [0, 0.05) is 20.0 Å². The third kappa shape index (κ3) is 5.18. The van der Waals surface area contributed by atoms with E-state index in [0.717, 1.165) is 17.0 Å². The van der Waals surface area contributed by atoms with E-state index in [9.17, 15) is 18.4 Å². The molecule has 2 aromatic carbocycles. The third-order valence-electron chi connectivity index (χ3n) is 4.06. The minimum atomic E-state index is -0.841. The van der Waals surface area contributed by atoms with Crippen molar-refractivity contribution in [2.75, 3.05) is 32.2 Å². The van der Waals surface area contributed by atoms with Crippen molar-refractivity contribution in [1.29, 1.82) is 0 Å². The Morgan fingerprint density at radius 2 is 1.68 bits per heavy atom. The predicted octanol–water partition coefficient (Wildman–Crippen LogP) is 2.69. The molecule has 0 saturated heterocycles. The van der Waals surface area contributed by atoms with E-state index < -0.39 is 23.2 Å². The van der Waals surface area contributed by atoms with Crippen molar-refractivity contribution in [2.45, 2.75) is 13.3 Å². The van der Waals surface area contributed by atoms with E-state index in [1.54, 1.807) is 18.2 Å². The fraction of sp³-hybridized carbons (Fsp3) is 0.300. The highest BCUT2D eigenvalue weighted by molar-refractivity contribution is 5.91. The van der Waals surface area contributed by atoms with Gasteiger partial charge in [0.15, 0.2) is 11.5 Å². The van der Waals surface area contributed by atoms with Crippen LogP contribution in [0.1, 0.15) is 12.5 Å². The highest BCUT2D eigenvalue weighted by Crippen LogP contribution is 2.27. The van der Waals surface area contributed by atoms with Crippen LogP contribution in [0.25, 0.3) is 0 Å². The van der Waals surface area contributed by atoms with E-state index in [2.05, 4.69) is 5.32 Å². The number of amides is 2. The molecule has 0 spiro atoms. The lowest BCUT2D eigenvalue weighted by Gasteiger charge is -2.22. The van der Waals surface area contributed by atoms with Gasteiger partial charge in [-0.2, -0.15) is 0 Å². The van der Waals surface area contributed by atoms with Gasteiger partial charge >= 0.3 is 0 Å². The minimum absolute atomic E-state index is 0.0411. The number of hydrogen-bond acceptors (Lipinski definition) is 4. The fourth-order valence-corrected chi connectivity index (χ4v) is 2.72. The molecule has 0 saturated carbocycles. The van der Waals surface area contributed by atoms with Crippen molar-refractivity contribution >= 4 is 17.5 Å². The Kier molecular flexibility index (Phi) is 7.31. The molecule has 0 fully saturated rings. The van der Waals surface area contributed by atoms with Crippen molar-refractivity contribution in [3.63, 3.8) is 0 Å². The molecule has 0 unspecified atom stereocenters. The number of nitrogens with zero attached hydrogens (tertiary/aromatic N) is 1. The molecule has 0 atom stereocenters. The number of ether oxygens (including phenoxy) is 2. The van der Waals surface area contributed by atoms with Gasteiger partial charge in [-0.25, -0.2) is 8.78 Å². The van der Waals surface area contributed by atoms with Crippen LogP contribution in [0.15, 0.2) is 36.4 Å². The van der Waals surface area contributed by atoms with E-state index in [4.69, 9.17) is 9.47 Å². The molecule has 1 N–H and O–H groups in total. The van der Waals surface area contributed by atoms with Crippen LogP contribution in [0, 0.1) is 11.6 Å². The minimum Gasteiger partial charge on any atom is -0.493 e. The molecule has 2 aromatic rings. The number of carbonyl (C=O) groups excluding carboxylic acids is 2. The second kappa shape index (κ2) is 9.68. The van der Waals surface area contributed by atoms with Gasteiger partial charge in [-0.1, -0.05) is 12.1 Å². The average molecular weight is 392 g/mol. The van der Waals surface area contributed by atoms with Crippen molar-refractivity contribution in [1.82, 2.24) is 5.32 Å². The zero-order chi connectivity index (χ0) is 20.7. The van der Waals surface area contributed by atoms with Crippen molar-refractivity contribution in [3.05, 3.63) is 53.6 Å². The summed E-state index contributed by atoms with van der Waals surface area (Å²) in [6, 6.07) is 8.48. The Hall–Kier alpha value is -3.16. The Bertz CT molecular complexity index is 838. The molecular weight excluding hydrogens is 370 g/mol. The first-order chi connectivity index (χ1) is 13.4. The number of halogens is 2. The van der Waals surface area contributed by atoms with Gasteiger partial charge in [-0.15, -0.1) is 0 Å². The van der Waals surface area contributed by atoms with Crippen LogP contribution in [0.4, 0.5) is 14.5 Å². The summed E-state index contributed by atoms with van der Waals surface area (Å²) in [4.78, 5) is 24.9. The van der Waals surface area contributed by atoms with Gasteiger partial charge < -0.3 is 19.7 Å². The van der Waals surface area contributed by atoms with Crippen LogP contribution >= 0.6 is 0 Å². The summed E-state index contributed by atoms with van der Waals surface area (Å²) in [5.41, 5.74) is 0.280. The molecule has 0 aliphatic rings. The van der Waals surface area contributed by atoms with Gasteiger partial charge in [0.1, 0.15) is 17.3 Å². The summed E-state index contributed by atoms with van der Waals surface area (Å²) in [7, 11) is 3.02. The van der Waals surface area contributed by atoms with E-state index in [1.807, 2.05) is 0 Å². The third-order valence-corrected chi connectivity index (χ3v) is 4.06. The lowest BCUT2D eigenvalue weighted by atomic mass is 10.1. The van der Waals surface area contributed by atoms with Crippen LogP contribution in [-0.4, -0.2) is 39.1 Å². The Balaban J connectivity index is 1.97. The van der Waals surface area contributed by atoms with E-state index in [0.29, 0.717) is 17.1 Å². The number of methoxy groups -OCH3 is 2. The maximum Gasteiger partial charge on any atom is 0.224 e. The molecule has 28 heavy (non-hydrogen) atoms. The maximum atomic E-state index is 13.9. The molecule has 150 valence electrons. The SMILES string of the molecule is COc1ccc(CC(=O)NCCN(C(C)=O)c2c(F)cccc2F)cc1OC. The van der Waals surface area contributed by atoms with Gasteiger partial charge in [0.25, 0.3) is 0 Å². The number of para-hydroxylation sites is 1. The van der Waals surface area contributed by atoms with Gasteiger partial charge in [0.2, 0.25) is 11.8 Å². The van der Waals surface area contributed by atoms with E-state index in [1.165, 1.54) is 27.2 Å². The van der Waals surface area contributed by atoms with Gasteiger partial charge in [0.05, 0.1) is 20.6 Å². The average Bonchev–Trinajstić information content (AvgIpc) is 2.66. The fourth-order valence-electron chi connectivity index (χ4n) is 2.72. The van der Waals surface area contributed by atoms with Crippen LogP contribution in [0.3, 0.4) is 0 Å². The van der Waals surface area contributed by atoms with Crippen LogP contribution in [-0.2, 0) is 16.0 Å². The summed E-state index contributed by atoms with van der Waals surface area (Å²) in [5, 5.41) is 2.64. The molecule has 0 aliphatic heterocycles. The number of hydrogen-bond donors (Lipinski definition) is 1. The molecule has 0 bridgehead atoms. The van der Waals surface area contributed by atoms with Crippen molar-refractivity contribution in [2.24, 2.45) is 0 Å². The molecule has 0 aromatic heterocycles. The first-order valence-electron chi connectivity index (χ1n) is 8.57. The van der Waals surface area contributed by atoms with E-state index in [-0.39, 0.29) is 25.4 Å². The predicted molar refractivity (Wildman–Crippen MR) is 101 cm³/mol. The number of anilines is 1. The molecule has 2 amide bonds.